The predicted molar refractivity (Wildman–Crippen MR) is 93.7 cm³/mol. The van der Waals surface area contributed by atoms with E-state index in [0.29, 0.717) is 10.5 Å². The molecular weight excluding hydrogens is 366 g/mol. The van der Waals surface area contributed by atoms with Gasteiger partial charge in [0.1, 0.15) is 11.6 Å². The minimum Gasteiger partial charge on any atom is -0.264 e. The Labute approximate surface area is 148 Å². The molecule has 0 saturated carbocycles. The Morgan fingerprint density at radius 3 is 2.16 bits per heavy atom. The monoisotopic (exact) mass is 378 g/mol. The molecule has 1 aromatic heterocycles. The van der Waals surface area contributed by atoms with Crippen LogP contribution in [0.2, 0.25) is 0 Å². The van der Waals surface area contributed by atoms with E-state index in [9.17, 15) is 17.2 Å². The second kappa shape index (κ2) is 6.55. The Morgan fingerprint density at radius 2 is 1.64 bits per heavy atom. The SMILES string of the molecule is NS(=O)(=O)c1c(F)cc(-c2ccc(-c3cccnc3)c(S)c2)cc1F. The molecule has 0 radical (unpaired) electrons. The van der Waals surface area contributed by atoms with Crippen LogP contribution < -0.4 is 5.14 Å². The van der Waals surface area contributed by atoms with Gasteiger partial charge in [-0.25, -0.2) is 22.3 Å². The number of hydrogen-bond acceptors (Lipinski definition) is 4. The lowest BCUT2D eigenvalue weighted by atomic mass is 10.0. The van der Waals surface area contributed by atoms with Crippen LogP contribution in [-0.2, 0) is 10.0 Å². The van der Waals surface area contributed by atoms with Gasteiger partial charge in [0, 0.05) is 22.9 Å². The van der Waals surface area contributed by atoms with Crippen molar-refractivity contribution in [2.45, 2.75) is 9.79 Å². The molecule has 0 bridgehead atoms. The zero-order valence-corrected chi connectivity index (χ0v) is 14.4. The highest BCUT2D eigenvalue weighted by molar-refractivity contribution is 7.89. The van der Waals surface area contributed by atoms with Gasteiger partial charge < -0.3 is 0 Å². The third-order valence-corrected chi connectivity index (χ3v) is 4.92. The molecule has 4 nitrogen and oxygen atoms in total. The molecule has 0 amide bonds. The van der Waals surface area contributed by atoms with E-state index >= 15 is 0 Å². The number of pyridine rings is 1. The van der Waals surface area contributed by atoms with Gasteiger partial charge in [-0.15, -0.1) is 12.6 Å². The summed E-state index contributed by atoms with van der Waals surface area (Å²) in [6.45, 7) is 0. The van der Waals surface area contributed by atoms with E-state index in [-0.39, 0.29) is 5.56 Å². The van der Waals surface area contributed by atoms with E-state index in [0.717, 1.165) is 23.3 Å². The quantitative estimate of drug-likeness (QED) is 0.684. The van der Waals surface area contributed by atoms with Gasteiger partial charge in [0.2, 0.25) is 10.0 Å². The van der Waals surface area contributed by atoms with Crippen molar-refractivity contribution < 1.29 is 17.2 Å². The van der Waals surface area contributed by atoms with E-state index in [1.165, 1.54) is 0 Å². The first kappa shape index (κ1) is 17.5. The summed E-state index contributed by atoms with van der Waals surface area (Å²) in [5.41, 5.74) is 2.31. The summed E-state index contributed by atoms with van der Waals surface area (Å²) >= 11 is 4.42. The lowest BCUT2D eigenvalue weighted by Crippen LogP contribution is -2.16. The fraction of sp³-hybridized carbons (Fsp3) is 0. The first-order valence-corrected chi connectivity index (χ1v) is 9.02. The molecule has 8 heteroatoms. The molecule has 2 aromatic carbocycles. The van der Waals surface area contributed by atoms with Crippen LogP contribution in [0.4, 0.5) is 8.78 Å². The van der Waals surface area contributed by atoms with Crippen LogP contribution in [0.15, 0.2) is 64.6 Å². The smallest absolute Gasteiger partial charge is 0.243 e. The molecule has 25 heavy (non-hydrogen) atoms. The summed E-state index contributed by atoms with van der Waals surface area (Å²) in [6.07, 6.45) is 3.32. The zero-order chi connectivity index (χ0) is 18.2. The van der Waals surface area contributed by atoms with Crippen LogP contribution in [0.3, 0.4) is 0 Å². The number of nitrogens with two attached hydrogens (primary N) is 1. The molecule has 3 aromatic rings. The molecular formula is C17H12F2N2O2S2. The molecule has 0 atom stereocenters. The highest BCUT2D eigenvalue weighted by Gasteiger charge is 2.21. The van der Waals surface area contributed by atoms with E-state index in [1.54, 1.807) is 36.7 Å². The summed E-state index contributed by atoms with van der Waals surface area (Å²) in [4.78, 5) is 3.48. The van der Waals surface area contributed by atoms with Crippen molar-refractivity contribution in [1.29, 1.82) is 0 Å². The van der Waals surface area contributed by atoms with Crippen molar-refractivity contribution in [2.24, 2.45) is 5.14 Å². The molecule has 0 saturated heterocycles. The van der Waals surface area contributed by atoms with Crippen molar-refractivity contribution in [3.63, 3.8) is 0 Å². The molecule has 3 rings (SSSR count). The lowest BCUT2D eigenvalue weighted by molar-refractivity contribution is 0.520. The Balaban J connectivity index is 2.08. The molecule has 0 aliphatic heterocycles. The van der Waals surface area contributed by atoms with Gasteiger partial charge in [-0.1, -0.05) is 18.2 Å². The molecule has 128 valence electrons. The predicted octanol–water partition coefficient (Wildman–Crippen LogP) is 3.63. The minimum atomic E-state index is -4.49. The first-order valence-electron chi connectivity index (χ1n) is 7.03. The van der Waals surface area contributed by atoms with Crippen molar-refractivity contribution in [3.8, 4) is 22.3 Å². The van der Waals surface area contributed by atoms with Crippen molar-refractivity contribution in [3.05, 3.63) is 66.5 Å². The van der Waals surface area contributed by atoms with Crippen LogP contribution in [0, 0.1) is 11.6 Å². The van der Waals surface area contributed by atoms with Gasteiger partial charge in [0.15, 0.2) is 4.90 Å². The number of aromatic nitrogens is 1. The van der Waals surface area contributed by atoms with E-state index < -0.39 is 26.6 Å². The summed E-state index contributed by atoms with van der Waals surface area (Å²) < 4.78 is 50.5. The van der Waals surface area contributed by atoms with E-state index in [2.05, 4.69) is 17.6 Å². The zero-order valence-electron chi connectivity index (χ0n) is 12.6. The van der Waals surface area contributed by atoms with Crippen LogP contribution >= 0.6 is 12.6 Å². The number of thiol groups is 1. The molecule has 2 N–H and O–H groups in total. The normalized spacial score (nSPS) is 11.5. The molecule has 0 fully saturated rings. The summed E-state index contributed by atoms with van der Waals surface area (Å²) in [5.74, 6) is -2.48. The van der Waals surface area contributed by atoms with Gasteiger partial charge in [-0.3, -0.25) is 4.98 Å². The fourth-order valence-electron chi connectivity index (χ4n) is 2.48. The summed E-state index contributed by atoms with van der Waals surface area (Å²) in [7, 11) is -4.49. The lowest BCUT2D eigenvalue weighted by Gasteiger charge is -2.10. The minimum absolute atomic E-state index is 0.176. The largest absolute Gasteiger partial charge is 0.264 e. The van der Waals surface area contributed by atoms with Crippen LogP contribution in [-0.4, -0.2) is 13.4 Å². The molecule has 1 heterocycles. The average molecular weight is 378 g/mol. The van der Waals surface area contributed by atoms with Gasteiger partial charge in [-0.2, -0.15) is 0 Å². The maximum atomic E-state index is 14.0. The fourth-order valence-corrected chi connectivity index (χ4v) is 3.48. The Kier molecular flexibility index (Phi) is 4.59. The van der Waals surface area contributed by atoms with Crippen molar-refractivity contribution in [2.75, 3.05) is 0 Å². The van der Waals surface area contributed by atoms with Crippen LogP contribution in [0.1, 0.15) is 0 Å². The summed E-state index contributed by atoms with van der Waals surface area (Å²) in [6, 6.07) is 10.5. The van der Waals surface area contributed by atoms with E-state index in [4.69, 9.17) is 5.14 Å². The Hall–Kier alpha value is -2.29. The number of nitrogens with zero attached hydrogens (tertiary/aromatic N) is 1. The highest BCUT2D eigenvalue weighted by atomic mass is 32.2. The average Bonchev–Trinajstić information content (AvgIpc) is 2.53. The standard InChI is InChI=1S/C17H12F2N2O2S2/c18-14-6-12(7-15(19)17(14)25(20,22)23)10-3-4-13(16(24)8-10)11-2-1-5-21-9-11/h1-9,24H,(H2,20,22,23). The topological polar surface area (TPSA) is 73.1 Å². The second-order valence-corrected chi connectivity index (χ2v) is 7.27. The number of rotatable bonds is 3. The summed E-state index contributed by atoms with van der Waals surface area (Å²) in [5, 5.41) is 4.83. The Bertz CT molecular complexity index is 1030. The maximum Gasteiger partial charge on any atom is 0.243 e. The Morgan fingerprint density at radius 1 is 0.960 bits per heavy atom. The molecule has 0 spiro atoms. The molecule has 0 unspecified atom stereocenters. The van der Waals surface area contributed by atoms with Gasteiger partial charge in [0.25, 0.3) is 0 Å². The maximum absolute atomic E-state index is 14.0. The number of halogens is 2. The first-order chi connectivity index (χ1) is 11.8. The number of primary sulfonamides is 1. The van der Waals surface area contributed by atoms with E-state index in [1.807, 2.05) is 6.07 Å². The van der Waals surface area contributed by atoms with Crippen molar-refractivity contribution in [1.82, 2.24) is 4.98 Å². The second-order valence-electron chi connectivity index (χ2n) is 5.29. The number of benzene rings is 2. The van der Waals surface area contributed by atoms with Gasteiger partial charge in [-0.05, 0) is 41.0 Å². The van der Waals surface area contributed by atoms with Crippen LogP contribution in [0.25, 0.3) is 22.3 Å². The van der Waals surface area contributed by atoms with Gasteiger partial charge >= 0.3 is 0 Å². The number of hydrogen-bond donors (Lipinski definition) is 2. The van der Waals surface area contributed by atoms with Crippen molar-refractivity contribution >= 4 is 22.7 Å². The highest BCUT2D eigenvalue weighted by Crippen LogP contribution is 2.32. The molecule has 0 aliphatic carbocycles. The third kappa shape index (κ3) is 3.55. The molecule has 0 aliphatic rings. The van der Waals surface area contributed by atoms with Crippen LogP contribution in [0.5, 0.6) is 0 Å². The van der Waals surface area contributed by atoms with Gasteiger partial charge in [0.05, 0.1) is 0 Å². The number of sulfonamides is 1. The third-order valence-electron chi connectivity index (χ3n) is 3.59.